The molecule has 0 amide bonds. The third kappa shape index (κ3) is 11.8. The predicted molar refractivity (Wildman–Crippen MR) is 610 cm³/mol. The van der Waals surface area contributed by atoms with Gasteiger partial charge in [-0.15, -0.1) is 0 Å². The van der Waals surface area contributed by atoms with E-state index in [1.165, 1.54) is 198 Å². The van der Waals surface area contributed by atoms with Gasteiger partial charge in [0.05, 0.1) is 16.5 Å². The van der Waals surface area contributed by atoms with E-state index in [4.69, 9.17) is 8.83 Å². The van der Waals surface area contributed by atoms with Crippen molar-refractivity contribution in [1.82, 2.24) is 0 Å². The summed E-state index contributed by atoms with van der Waals surface area (Å²) in [6.07, 6.45) is 0. The van der Waals surface area contributed by atoms with Crippen LogP contribution >= 0.6 is 15.9 Å². The molecule has 2 spiro atoms. The highest BCUT2D eigenvalue weighted by molar-refractivity contribution is 9.10. The Morgan fingerprint density at radius 3 is 0.931 bits per heavy atom. The number of hydrogen-bond donors (Lipinski definition) is 1. The van der Waals surface area contributed by atoms with Gasteiger partial charge in [0.1, 0.15) is 22.3 Å². The van der Waals surface area contributed by atoms with Crippen LogP contribution in [0.2, 0.25) is 0 Å². The summed E-state index contributed by atoms with van der Waals surface area (Å²) in [6, 6.07) is 175. The number of nitrogens with one attached hydrogen (secondary N) is 1. The van der Waals surface area contributed by atoms with Crippen molar-refractivity contribution >= 4 is 153 Å². The molecule has 2 heterocycles. The number of rotatable bonds is 7. The smallest absolute Gasteiger partial charge is 0.143 e. The van der Waals surface area contributed by atoms with E-state index in [0.29, 0.717) is 0 Å². The summed E-state index contributed by atoms with van der Waals surface area (Å²) in [7, 11) is 0. The number of nitrogens with zero attached hydrogens (tertiary/aromatic N) is 1. The second-order valence-electron chi connectivity index (χ2n) is 41.1. The van der Waals surface area contributed by atoms with Crippen LogP contribution in [0.1, 0.15) is 94.5 Å². The Labute approximate surface area is 848 Å². The molecule has 6 aliphatic rings. The van der Waals surface area contributed by atoms with E-state index in [0.717, 1.165) is 99.0 Å². The topological polar surface area (TPSA) is 41.6 Å². The molecule has 5 heteroatoms. The van der Waals surface area contributed by atoms with Crippen LogP contribution in [0.5, 0.6) is 0 Å². The lowest BCUT2D eigenvalue weighted by molar-refractivity contribution is 0.660. The molecule has 0 radical (unpaired) electrons. The lowest BCUT2D eigenvalue weighted by Gasteiger charge is -2.34. The largest absolute Gasteiger partial charge is 0.455 e. The number of halogens is 1. The molecule has 32 rings (SSSR count). The molecule has 0 saturated heterocycles. The van der Waals surface area contributed by atoms with Crippen LogP contribution < -0.4 is 10.2 Å². The van der Waals surface area contributed by atoms with Crippen LogP contribution in [0, 0.1) is 0 Å². The van der Waals surface area contributed by atoms with Gasteiger partial charge in [-0.25, -0.2) is 0 Å². The van der Waals surface area contributed by atoms with E-state index in [-0.39, 0.29) is 10.8 Å². The van der Waals surface area contributed by atoms with Gasteiger partial charge in [0, 0.05) is 81.9 Å². The molecule has 680 valence electrons. The van der Waals surface area contributed by atoms with Crippen molar-refractivity contribution in [3.8, 4) is 89.0 Å². The standard InChI is InChI=1S/C70H45NO.C55H33NO.C15H13Br/c1-69(2)60-29-12-7-22-49(60)53-37-35-43(39-64(53)69)71(42-34-36-48-46-20-4-3-18-44(46)45-19-5-6-21-47(45)57(48)38-42)66-41-65-58(40-59(66)56-28-17-27-55-54-26-11-16-33-67(54)72-68(55)56)52-25-10-15-32-63(52)70(65)61-30-13-8-23-50(61)51-24-9-14-31-62(51)70;1-2-16-36-34(14-1)35-15-3-4-17-37(35)45-30-33(28-29-38(36)45)56-52-32-51-46(31-47(52)44-23-13-22-43-42-21-8-12-27-53(42)57-54(43)44)41-20-7-11-26-50(41)55(51)48-24-9-5-18-39(48)40-19-6-10-25-49(40)55;1-15(2)13-6-4-3-5-11(13)12-8-7-10(16)9-14(12)15/h3-41H,1-2H3;1-32,56H;3-9H,1-2H3. The zero-order valence-electron chi connectivity index (χ0n) is 80.2. The van der Waals surface area contributed by atoms with Gasteiger partial charge in [-0.1, -0.05) is 432 Å². The van der Waals surface area contributed by atoms with Crippen molar-refractivity contribution in [3.05, 3.63) is 544 Å². The molecule has 1 N–H and O–H groups in total. The number of benzene rings is 24. The summed E-state index contributed by atoms with van der Waals surface area (Å²) in [5.74, 6) is 0. The monoisotopic (exact) mass is 1910 g/mol. The van der Waals surface area contributed by atoms with E-state index in [2.05, 4.69) is 521 Å². The zero-order valence-corrected chi connectivity index (χ0v) is 81.8. The first-order chi connectivity index (χ1) is 71.4. The maximum absolute atomic E-state index is 7.01. The molecule has 26 aromatic rings. The van der Waals surface area contributed by atoms with Gasteiger partial charge in [0.25, 0.3) is 0 Å². The minimum Gasteiger partial charge on any atom is -0.455 e. The Balaban J connectivity index is 0.000000119. The number of hydrogen-bond acceptors (Lipinski definition) is 4. The number of para-hydroxylation sites is 4. The third-order valence-corrected chi connectivity index (χ3v) is 33.8. The molecule has 0 aliphatic heterocycles. The Morgan fingerprint density at radius 2 is 0.490 bits per heavy atom. The average molecular weight is 1910 g/mol. The molecule has 4 nitrogen and oxygen atoms in total. The van der Waals surface area contributed by atoms with Crippen molar-refractivity contribution in [2.75, 3.05) is 10.2 Å². The normalized spacial score (nSPS) is 14.0. The van der Waals surface area contributed by atoms with E-state index < -0.39 is 10.8 Å². The molecule has 24 aromatic carbocycles. The van der Waals surface area contributed by atoms with E-state index in [1.807, 2.05) is 6.07 Å². The van der Waals surface area contributed by atoms with Gasteiger partial charge in [0.15, 0.2) is 0 Å². The molecule has 0 saturated carbocycles. The second kappa shape index (κ2) is 31.3. The van der Waals surface area contributed by atoms with Gasteiger partial charge in [0.2, 0.25) is 0 Å². The molecule has 0 unspecified atom stereocenters. The molecule has 2 aromatic heterocycles. The highest BCUT2D eigenvalue weighted by atomic mass is 79.9. The molecule has 0 atom stereocenters. The highest BCUT2D eigenvalue weighted by Gasteiger charge is 2.55. The average Bonchev–Trinajstić information content (AvgIpc) is 1.50. The third-order valence-electron chi connectivity index (χ3n) is 33.3. The molecular formula is C140H91BrN2O2. The summed E-state index contributed by atoms with van der Waals surface area (Å²) < 4.78 is 14.9. The van der Waals surface area contributed by atoms with Crippen LogP contribution in [-0.2, 0) is 21.7 Å². The Hall–Kier alpha value is -17.5. The van der Waals surface area contributed by atoms with E-state index >= 15 is 0 Å². The lowest BCUT2D eigenvalue weighted by atomic mass is 9.70. The summed E-state index contributed by atoms with van der Waals surface area (Å²) in [5.41, 5.74) is 43.8. The number of fused-ring (bicyclic) bond motifs is 44. The summed E-state index contributed by atoms with van der Waals surface area (Å²) in [6.45, 7) is 9.37. The summed E-state index contributed by atoms with van der Waals surface area (Å²) in [4.78, 5) is 2.57. The lowest BCUT2D eigenvalue weighted by Crippen LogP contribution is -2.26. The van der Waals surface area contributed by atoms with Crippen molar-refractivity contribution < 1.29 is 8.83 Å². The Morgan fingerprint density at radius 1 is 0.193 bits per heavy atom. The van der Waals surface area contributed by atoms with Crippen LogP contribution in [0.3, 0.4) is 0 Å². The Bertz CT molecular complexity index is 9980. The van der Waals surface area contributed by atoms with E-state index in [1.54, 1.807) is 0 Å². The van der Waals surface area contributed by atoms with Crippen molar-refractivity contribution in [2.45, 2.75) is 49.4 Å². The minimum absolute atomic E-state index is 0.121. The number of furan rings is 2. The summed E-state index contributed by atoms with van der Waals surface area (Å²) in [5, 5.41) is 23.6. The molecule has 6 aliphatic carbocycles. The van der Waals surface area contributed by atoms with Crippen LogP contribution in [0.15, 0.2) is 486 Å². The number of anilines is 5. The molecule has 145 heavy (non-hydrogen) atoms. The fourth-order valence-electron chi connectivity index (χ4n) is 27.0. The van der Waals surface area contributed by atoms with Crippen LogP contribution in [-0.4, -0.2) is 0 Å². The van der Waals surface area contributed by atoms with Gasteiger partial charge in [-0.2, -0.15) is 0 Å². The summed E-state index contributed by atoms with van der Waals surface area (Å²) >= 11 is 3.56. The minimum atomic E-state index is -0.552. The van der Waals surface area contributed by atoms with Crippen molar-refractivity contribution in [1.29, 1.82) is 0 Å². The van der Waals surface area contributed by atoms with Gasteiger partial charge in [-0.05, 0) is 283 Å². The van der Waals surface area contributed by atoms with Gasteiger partial charge < -0.3 is 19.1 Å². The maximum atomic E-state index is 7.01. The first-order valence-corrected chi connectivity index (χ1v) is 51.3. The second-order valence-corrected chi connectivity index (χ2v) is 42.0. The first-order valence-electron chi connectivity index (χ1n) is 50.5. The Kier molecular flexibility index (Phi) is 18.0. The molecule has 0 bridgehead atoms. The molecule has 0 fully saturated rings. The predicted octanol–water partition coefficient (Wildman–Crippen LogP) is 38.4. The van der Waals surface area contributed by atoms with Gasteiger partial charge in [-0.3, -0.25) is 0 Å². The van der Waals surface area contributed by atoms with Crippen LogP contribution in [0.25, 0.3) is 198 Å². The SMILES string of the molecule is CC1(C)c2ccccc2-c2ccc(Br)cc21.CC1(C)c2ccccc2-c2ccc(N(c3ccc4c5ccccc5c5ccccc5c4c3)c3cc4c(cc3-c3cccc5c3oc3ccccc35)-c3ccccc3C43c4ccccc4-c4ccccc43)cc21.c1ccc2c(c1)-c1ccccc1C21c2ccccc2-c2cc(-c3cccc4c3oc3ccccc34)c(Nc3ccc4c5ccccc5c5ccccc5c4c3)cc21. The molecular weight excluding hydrogens is 1820 g/mol. The maximum Gasteiger partial charge on any atom is 0.143 e. The first kappa shape index (κ1) is 83.3. The van der Waals surface area contributed by atoms with Gasteiger partial charge >= 0.3 is 0 Å². The quantitative estimate of drug-likeness (QED) is 0.162. The fourth-order valence-corrected chi connectivity index (χ4v) is 27.4. The zero-order chi connectivity index (χ0) is 96.0. The van der Waals surface area contributed by atoms with E-state index in [9.17, 15) is 0 Å². The highest BCUT2D eigenvalue weighted by Crippen LogP contribution is 2.68. The van der Waals surface area contributed by atoms with Crippen molar-refractivity contribution in [2.24, 2.45) is 0 Å². The fraction of sp³-hybridized carbons (Fsp3) is 0.0571. The van der Waals surface area contributed by atoms with Crippen LogP contribution in [0.4, 0.5) is 28.4 Å². The van der Waals surface area contributed by atoms with Crippen molar-refractivity contribution in [3.63, 3.8) is 0 Å².